The summed E-state index contributed by atoms with van der Waals surface area (Å²) in [5.41, 5.74) is -0.0883. The summed E-state index contributed by atoms with van der Waals surface area (Å²) in [5.74, 6) is 1.71. The molecule has 0 amide bonds. The van der Waals surface area contributed by atoms with Gasteiger partial charge in [-0.2, -0.15) is 11.8 Å². The van der Waals surface area contributed by atoms with Crippen molar-refractivity contribution in [1.29, 1.82) is 0 Å². The van der Waals surface area contributed by atoms with E-state index >= 15 is 0 Å². The molecule has 2 atom stereocenters. The molecule has 2 unspecified atom stereocenters. The number of thioether (sulfide) groups is 1. The summed E-state index contributed by atoms with van der Waals surface area (Å²) in [6.07, 6.45) is 2.56. The predicted octanol–water partition coefficient (Wildman–Crippen LogP) is 2.27. The Morgan fingerprint density at radius 2 is 2.00 bits per heavy atom. The fourth-order valence-corrected chi connectivity index (χ4v) is 2.55. The van der Waals surface area contributed by atoms with Crippen LogP contribution in [0.2, 0.25) is 0 Å². The molecular formula is C12H25NOS. The van der Waals surface area contributed by atoms with Crippen molar-refractivity contribution in [2.45, 2.75) is 57.4 Å². The zero-order valence-electron chi connectivity index (χ0n) is 10.4. The third-order valence-electron chi connectivity index (χ3n) is 3.08. The molecule has 3 heteroatoms. The SMILES string of the molecule is CC(C)C(C)SCC(C)(CO)NC1CC1. The third kappa shape index (κ3) is 4.75. The van der Waals surface area contributed by atoms with Crippen LogP contribution >= 0.6 is 11.8 Å². The second-order valence-electron chi connectivity index (χ2n) is 5.40. The highest BCUT2D eigenvalue weighted by Crippen LogP contribution is 2.27. The van der Waals surface area contributed by atoms with E-state index < -0.39 is 0 Å². The van der Waals surface area contributed by atoms with Crippen molar-refractivity contribution in [3.05, 3.63) is 0 Å². The Bertz CT molecular complexity index is 194. The van der Waals surface area contributed by atoms with Crippen LogP contribution in [0.15, 0.2) is 0 Å². The zero-order chi connectivity index (χ0) is 11.5. The van der Waals surface area contributed by atoms with Gasteiger partial charge in [-0.05, 0) is 25.7 Å². The fourth-order valence-electron chi connectivity index (χ4n) is 1.36. The zero-order valence-corrected chi connectivity index (χ0v) is 11.2. The van der Waals surface area contributed by atoms with Gasteiger partial charge >= 0.3 is 0 Å². The number of hydrogen-bond donors (Lipinski definition) is 2. The lowest BCUT2D eigenvalue weighted by molar-refractivity contribution is 0.190. The van der Waals surface area contributed by atoms with Crippen LogP contribution in [0.3, 0.4) is 0 Å². The van der Waals surface area contributed by atoms with Gasteiger partial charge in [-0.25, -0.2) is 0 Å². The lowest BCUT2D eigenvalue weighted by Gasteiger charge is -2.30. The number of nitrogens with one attached hydrogen (secondary N) is 1. The second kappa shape index (κ2) is 5.55. The van der Waals surface area contributed by atoms with Gasteiger partial charge in [-0.3, -0.25) is 0 Å². The summed E-state index contributed by atoms with van der Waals surface area (Å²) in [7, 11) is 0. The average molecular weight is 231 g/mol. The Morgan fingerprint density at radius 3 is 2.40 bits per heavy atom. The van der Waals surface area contributed by atoms with E-state index in [1.807, 2.05) is 11.8 Å². The quantitative estimate of drug-likeness (QED) is 0.705. The third-order valence-corrected chi connectivity index (χ3v) is 4.96. The van der Waals surface area contributed by atoms with Gasteiger partial charge in [0.1, 0.15) is 0 Å². The van der Waals surface area contributed by atoms with Gasteiger partial charge in [-0.1, -0.05) is 20.8 Å². The highest BCUT2D eigenvalue weighted by Gasteiger charge is 2.32. The van der Waals surface area contributed by atoms with Crippen LogP contribution in [-0.4, -0.2) is 34.3 Å². The Morgan fingerprint density at radius 1 is 1.40 bits per heavy atom. The first kappa shape index (κ1) is 13.3. The molecule has 0 aromatic heterocycles. The highest BCUT2D eigenvalue weighted by molar-refractivity contribution is 7.99. The van der Waals surface area contributed by atoms with Gasteiger partial charge in [0.05, 0.1) is 6.61 Å². The summed E-state index contributed by atoms with van der Waals surface area (Å²) in [6.45, 7) is 9.14. The average Bonchev–Trinajstić information content (AvgIpc) is 2.98. The fraction of sp³-hybridized carbons (Fsp3) is 1.00. The molecule has 0 aliphatic heterocycles. The van der Waals surface area contributed by atoms with Crippen molar-refractivity contribution < 1.29 is 5.11 Å². The van der Waals surface area contributed by atoms with E-state index in [1.54, 1.807) is 0 Å². The molecule has 90 valence electrons. The monoisotopic (exact) mass is 231 g/mol. The molecule has 15 heavy (non-hydrogen) atoms. The minimum Gasteiger partial charge on any atom is -0.394 e. The predicted molar refractivity (Wildman–Crippen MR) is 68.4 cm³/mol. The van der Waals surface area contributed by atoms with E-state index in [1.165, 1.54) is 12.8 Å². The molecule has 1 aliphatic carbocycles. The van der Waals surface area contributed by atoms with E-state index in [0.29, 0.717) is 17.2 Å². The van der Waals surface area contributed by atoms with Crippen LogP contribution in [0.4, 0.5) is 0 Å². The molecule has 1 aliphatic rings. The Balaban J connectivity index is 2.30. The van der Waals surface area contributed by atoms with Crippen molar-refractivity contribution in [3.63, 3.8) is 0 Å². The van der Waals surface area contributed by atoms with E-state index in [9.17, 15) is 5.11 Å². The minimum absolute atomic E-state index is 0.0883. The second-order valence-corrected chi connectivity index (χ2v) is 6.76. The molecule has 2 N–H and O–H groups in total. The maximum Gasteiger partial charge on any atom is 0.0618 e. The van der Waals surface area contributed by atoms with Gasteiger partial charge in [0.15, 0.2) is 0 Å². The number of rotatable bonds is 7. The van der Waals surface area contributed by atoms with Crippen LogP contribution < -0.4 is 5.32 Å². The van der Waals surface area contributed by atoms with E-state index in [0.717, 1.165) is 5.75 Å². The van der Waals surface area contributed by atoms with Crippen molar-refractivity contribution in [1.82, 2.24) is 5.32 Å². The van der Waals surface area contributed by atoms with E-state index in [-0.39, 0.29) is 12.1 Å². The van der Waals surface area contributed by atoms with Gasteiger partial charge in [0.25, 0.3) is 0 Å². The first-order valence-electron chi connectivity index (χ1n) is 5.97. The largest absolute Gasteiger partial charge is 0.394 e. The van der Waals surface area contributed by atoms with Gasteiger partial charge in [0.2, 0.25) is 0 Å². The molecule has 0 heterocycles. The molecule has 2 nitrogen and oxygen atoms in total. The standard InChI is InChI=1S/C12H25NOS/c1-9(2)10(3)15-8-12(4,7-14)13-11-5-6-11/h9-11,13-14H,5-8H2,1-4H3. The van der Waals surface area contributed by atoms with Crippen LogP contribution in [0.5, 0.6) is 0 Å². The van der Waals surface area contributed by atoms with Gasteiger partial charge in [0, 0.05) is 22.6 Å². The first-order chi connectivity index (χ1) is 6.97. The molecule has 0 spiro atoms. The lowest BCUT2D eigenvalue weighted by Crippen LogP contribution is -2.49. The lowest BCUT2D eigenvalue weighted by atomic mass is 10.1. The topological polar surface area (TPSA) is 32.3 Å². The summed E-state index contributed by atoms with van der Waals surface area (Å²) in [5, 5.41) is 13.6. The van der Waals surface area contributed by atoms with Crippen molar-refractivity contribution in [3.8, 4) is 0 Å². The van der Waals surface area contributed by atoms with Crippen LogP contribution in [0.25, 0.3) is 0 Å². The van der Waals surface area contributed by atoms with Crippen molar-refractivity contribution >= 4 is 11.8 Å². The maximum atomic E-state index is 9.44. The first-order valence-corrected chi connectivity index (χ1v) is 7.02. The molecular weight excluding hydrogens is 206 g/mol. The molecule has 0 aromatic carbocycles. The van der Waals surface area contributed by atoms with Crippen molar-refractivity contribution in [2.24, 2.45) is 5.92 Å². The number of aliphatic hydroxyl groups excluding tert-OH is 1. The van der Waals surface area contributed by atoms with Crippen LogP contribution in [0.1, 0.15) is 40.5 Å². The maximum absolute atomic E-state index is 9.44. The Kier molecular flexibility index (Phi) is 4.94. The normalized spacial score (nSPS) is 22.8. The molecule has 1 fully saturated rings. The minimum atomic E-state index is -0.0883. The molecule has 1 rings (SSSR count). The van der Waals surface area contributed by atoms with Crippen molar-refractivity contribution in [2.75, 3.05) is 12.4 Å². The van der Waals surface area contributed by atoms with Gasteiger partial charge < -0.3 is 10.4 Å². The van der Waals surface area contributed by atoms with Crippen LogP contribution in [-0.2, 0) is 0 Å². The summed E-state index contributed by atoms with van der Waals surface area (Å²) in [6, 6.07) is 0.664. The van der Waals surface area contributed by atoms with E-state index in [2.05, 4.69) is 33.0 Å². The van der Waals surface area contributed by atoms with E-state index in [4.69, 9.17) is 0 Å². The number of hydrogen-bond acceptors (Lipinski definition) is 3. The summed E-state index contributed by atoms with van der Waals surface area (Å²) >= 11 is 1.96. The Labute approximate surface area is 98.2 Å². The molecule has 0 radical (unpaired) electrons. The molecule has 1 saturated carbocycles. The molecule has 0 bridgehead atoms. The van der Waals surface area contributed by atoms with Crippen LogP contribution in [0, 0.1) is 5.92 Å². The summed E-state index contributed by atoms with van der Waals surface area (Å²) < 4.78 is 0. The van der Waals surface area contributed by atoms with Gasteiger partial charge in [-0.15, -0.1) is 0 Å². The molecule has 0 saturated heterocycles. The highest BCUT2D eigenvalue weighted by atomic mass is 32.2. The Hall–Kier alpha value is 0.270. The number of aliphatic hydroxyl groups is 1. The molecule has 0 aromatic rings. The smallest absolute Gasteiger partial charge is 0.0618 e. The summed E-state index contributed by atoms with van der Waals surface area (Å²) in [4.78, 5) is 0.